The molecule has 0 saturated carbocycles. The van der Waals surface area contributed by atoms with Crippen LogP contribution in [-0.2, 0) is 6.42 Å². The normalized spacial score (nSPS) is 12.8. The Hall–Kier alpha value is -1.61. The molecule has 0 fully saturated rings. The molecular weight excluding hydrogens is 314 g/mol. The number of hydrogen-bond donors (Lipinski definition) is 0. The number of benzene rings is 1. The van der Waals surface area contributed by atoms with Gasteiger partial charge >= 0.3 is 0 Å². The third-order valence-electron chi connectivity index (χ3n) is 3.49. The molecule has 0 saturated heterocycles. The largest absolute Gasteiger partial charge is 0.460 e. The molecule has 0 aliphatic rings. The van der Waals surface area contributed by atoms with E-state index in [1.807, 2.05) is 18.3 Å². The van der Waals surface area contributed by atoms with E-state index >= 15 is 0 Å². The van der Waals surface area contributed by atoms with Crippen LogP contribution in [0.4, 0.5) is 0 Å². The molecular formula is C17H16BrNO. The van der Waals surface area contributed by atoms with Crippen LogP contribution >= 0.6 is 15.9 Å². The molecule has 3 rings (SSSR count). The lowest BCUT2D eigenvalue weighted by atomic mass is 10.1. The predicted octanol–water partition coefficient (Wildman–Crippen LogP) is 5.12. The first kappa shape index (κ1) is 13.4. The summed E-state index contributed by atoms with van der Waals surface area (Å²) in [6, 6.07) is 12.4. The Balaban J connectivity index is 1.89. The van der Waals surface area contributed by atoms with Gasteiger partial charge in [-0.2, -0.15) is 0 Å². The highest BCUT2D eigenvalue weighted by atomic mass is 79.9. The van der Waals surface area contributed by atoms with Gasteiger partial charge in [-0.25, -0.2) is 0 Å². The van der Waals surface area contributed by atoms with Crippen molar-refractivity contribution in [1.82, 2.24) is 4.98 Å². The summed E-state index contributed by atoms with van der Waals surface area (Å²) < 4.78 is 5.92. The predicted molar refractivity (Wildman–Crippen MR) is 85.3 cm³/mol. The molecule has 0 bridgehead atoms. The Morgan fingerprint density at radius 2 is 2.05 bits per heavy atom. The van der Waals surface area contributed by atoms with Crippen molar-refractivity contribution < 1.29 is 4.42 Å². The summed E-state index contributed by atoms with van der Waals surface area (Å²) >= 11 is 3.72. The SMILES string of the molecule is Cc1ccc2oc(C(Br)Cc3ncccc3C)cc2c1. The van der Waals surface area contributed by atoms with E-state index in [0.717, 1.165) is 28.8 Å². The second-order valence-corrected chi connectivity index (χ2v) is 6.23. The van der Waals surface area contributed by atoms with E-state index in [-0.39, 0.29) is 4.83 Å². The molecule has 2 heterocycles. The molecule has 20 heavy (non-hydrogen) atoms. The van der Waals surface area contributed by atoms with Gasteiger partial charge in [0, 0.05) is 23.7 Å². The highest BCUT2D eigenvalue weighted by Crippen LogP contribution is 2.32. The maximum Gasteiger partial charge on any atom is 0.134 e. The minimum absolute atomic E-state index is 0.142. The standard InChI is InChI=1S/C17H16BrNO/c1-11-5-6-16-13(8-11)9-17(20-16)14(18)10-15-12(2)4-3-7-19-15/h3-9,14H,10H2,1-2H3. The molecule has 1 unspecified atom stereocenters. The minimum Gasteiger partial charge on any atom is -0.460 e. The van der Waals surface area contributed by atoms with Crippen molar-refractivity contribution in [2.75, 3.05) is 0 Å². The second-order valence-electron chi connectivity index (χ2n) is 5.13. The molecule has 1 atom stereocenters. The van der Waals surface area contributed by atoms with Gasteiger partial charge in [-0.15, -0.1) is 0 Å². The summed E-state index contributed by atoms with van der Waals surface area (Å²) in [6.45, 7) is 4.18. The van der Waals surface area contributed by atoms with E-state index in [0.29, 0.717) is 0 Å². The zero-order valence-electron chi connectivity index (χ0n) is 11.6. The summed E-state index contributed by atoms with van der Waals surface area (Å²) in [5, 5.41) is 1.15. The lowest BCUT2D eigenvalue weighted by Gasteiger charge is -2.08. The number of furan rings is 1. The first-order valence-electron chi connectivity index (χ1n) is 6.68. The lowest BCUT2D eigenvalue weighted by Crippen LogP contribution is -1.98. The van der Waals surface area contributed by atoms with Crippen molar-refractivity contribution in [3.63, 3.8) is 0 Å². The Labute approximate surface area is 127 Å². The quantitative estimate of drug-likeness (QED) is 0.623. The minimum atomic E-state index is 0.142. The highest BCUT2D eigenvalue weighted by Gasteiger charge is 2.15. The Bertz CT molecular complexity index is 748. The van der Waals surface area contributed by atoms with Crippen molar-refractivity contribution in [3.8, 4) is 0 Å². The van der Waals surface area contributed by atoms with Gasteiger partial charge in [0.2, 0.25) is 0 Å². The third-order valence-corrected chi connectivity index (χ3v) is 4.26. The van der Waals surface area contributed by atoms with Gasteiger partial charge in [-0.05, 0) is 43.7 Å². The van der Waals surface area contributed by atoms with Crippen molar-refractivity contribution in [3.05, 3.63) is 65.2 Å². The van der Waals surface area contributed by atoms with Gasteiger partial charge in [-0.1, -0.05) is 33.6 Å². The molecule has 0 aliphatic carbocycles. The molecule has 102 valence electrons. The van der Waals surface area contributed by atoms with Crippen LogP contribution < -0.4 is 0 Å². The maximum absolute atomic E-state index is 5.92. The number of nitrogens with zero attached hydrogens (tertiary/aromatic N) is 1. The summed E-state index contributed by atoms with van der Waals surface area (Å²) in [7, 11) is 0. The topological polar surface area (TPSA) is 26.0 Å². The van der Waals surface area contributed by atoms with E-state index in [4.69, 9.17) is 4.42 Å². The number of aryl methyl sites for hydroxylation is 2. The van der Waals surface area contributed by atoms with Gasteiger partial charge in [0.05, 0.1) is 4.83 Å². The summed E-state index contributed by atoms with van der Waals surface area (Å²) in [6.07, 6.45) is 2.66. The zero-order valence-corrected chi connectivity index (χ0v) is 13.1. The molecule has 0 amide bonds. The molecule has 0 N–H and O–H groups in total. The molecule has 2 nitrogen and oxygen atoms in total. The Kier molecular flexibility index (Phi) is 3.62. The smallest absolute Gasteiger partial charge is 0.134 e. The van der Waals surface area contributed by atoms with Crippen LogP contribution in [0.2, 0.25) is 0 Å². The van der Waals surface area contributed by atoms with Crippen LogP contribution in [0.5, 0.6) is 0 Å². The molecule has 3 aromatic rings. The Morgan fingerprint density at radius 3 is 2.85 bits per heavy atom. The Morgan fingerprint density at radius 1 is 1.20 bits per heavy atom. The fourth-order valence-corrected chi connectivity index (χ4v) is 2.87. The van der Waals surface area contributed by atoms with Crippen LogP contribution in [0.25, 0.3) is 11.0 Å². The number of halogens is 1. The summed E-state index contributed by atoms with van der Waals surface area (Å²) in [4.78, 5) is 4.58. The molecule has 2 aromatic heterocycles. The van der Waals surface area contributed by atoms with Crippen molar-refractivity contribution in [1.29, 1.82) is 0 Å². The van der Waals surface area contributed by atoms with Crippen LogP contribution in [0.1, 0.15) is 27.4 Å². The number of alkyl halides is 1. The molecule has 0 spiro atoms. The molecule has 3 heteroatoms. The van der Waals surface area contributed by atoms with Crippen LogP contribution in [0, 0.1) is 13.8 Å². The van der Waals surface area contributed by atoms with Crippen LogP contribution in [0.3, 0.4) is 0 Å². The van der Waals surface area contributed by atoms with Crippen molar-refractivity contribution in [2.24, 2.45) is 0 Å². The monoisotopic (exact) mass is 329 g/mol. The van der Waals surface area contributed by atoms with Gasteiger partial charge in [0.1, 0.15) is 11.3 Å². The first-order valence-corrected chi connectivity index (χ1v) is 7.60. The highest BCUT2D eigenvalue weighted by molar-refractivity contribution is 9.09. The number of fused-ring (bicyclic) bond motifs is 1. The average molecular weight is 330 g/mol. The average Bonchev–Trinajstić information content (AvgIpc) is 2.84. The summed E-state index contributed by atoms with van der Waals surface area (Å²) in [5.41, 5.74) is 4.50. The maximum atomic E-state index is 5.92. The van der Waals surface area contributed by atoms with Crippen molar-refractivity contribution >= 4 is 26.9 Å². The second kappa shape index (κ2) is 5.41. The number of hydrogen-bond acceptors (Lipinski definition) is 2. The van der Waals surface area contributed by atoms with Crippen LogP contribution in [-0.4, -0.2) is 4.98 Å². The third kappa shape index (κ3) is 2.63. The lowest BCUT2D eigenvalue weighted by molar-refractivity contribution is 0.544. The number of aromatic nitrogens is 1. The van der Waals surface area contributed by atoms with Crippen molar-refractivity contribution in [2.45, 2.75) is 25.1 Å². The van der Waals surface area contributed by atoms with Gasteiger partial charge in [-0.3, -0.25) is 4.98 Å². The fraction of sp³-hybridized carbons (Fsp3) is 0.235. The number of rotatable bonds is 3. The van der Waals surface area contributed by atoms with Gasteiger partial charge in [0.25, 0.3) is 0 Å². The van der Waals surface area contributed by atoms with Gasteiger partial charge < -0.3 is 4.42 Å². The van der Waals surface area contributed by atoms with E-state index in [9.17, 15) is 0 Å². The molecule has 0 radical (unpaired) electrons. The van der Waals surface area contributed by atoms with E-state index in [1.54, 1.807) is 0 Å². The summed E-state index contributed by atoms with van der Waals surface area (Å²) in [5.74, 6) is 0.954. The fourth-order valence-electron chi connectivity index (χ4n) is 2.34. The molecule has 0 aliphatic heterocycles. The van der Waals surface area contributed by atoms with E-state index < -0.39 is 0 Å². The first-order chi connectivity index (χ1) is 9.63. The van der Waals surface area contributed by atoms with E-state index in [1.165, 1.54) is 11.1 Å². The van der Waals surface area contributed by atoms with Crippen LogP contribution in [0.15, 0.2) is 47.0 Å². The van der Waals surface area contributed by atoms with E-state index in [2.05, 4.69) is 59.0 Å². The molecule has 1 aromatic carbocycles. The number of pyridine rings is 1. The zero-order chi connectivity index (χ0) is 14.1. The van der Waals surface area contributed by atoms with Gasteiger partial charge in [0.15, 0.2) is 0 Å².